The predicted octanol–water partition coefficient (Wildman–Crippen LogP) is 2.03. The van der Waals surface area contributed by atoms with Crippen molar-refractivity contribution in [2.75, 3.05) is 33.9 Å². The maximum absolute atomic E-state index is 5.13. The molecule has 1 atom stereocenters. The van der Waals surface area contributed by atoms with E-state index in [-0.39, 0.29) is 0 Å². The molecule has 1 N–H and O–H groups in total. The van der Waals surface area contributed by atoms with Crippen molar-refractivity contribution in [3.05, 3.63) is 29.8 Å². The maximum atomic E-state index is 5.13. The number of methoxy groups -OCH3 is 2. The van der Waals surface area contributed by atoms with Gasteiger partial charge < -0.3 is 14.8 Å². The SMILES string of the molecule is COCCNCC(C)c1ccc(OC)cc1. The average molecular weight is 223 g/mol. The first-order valence-corrected chi connectivity index (χ1v) is 5.61. The Hall–Kier alpha value is -1.06. The second-order valence-electron chi connectivity index (χ2n) is 3.87. The summed E-state index contributed by atoms with van der Waals surface area (Å²) < 4.78 is 10.1. The fraction of sp³-hybridized carbons (Fsp3) is 0.538. The lowest BCUT2D eigenvalue weighted by Gasteiger charge is -2.13. The van der Waals surface area contributed by atoms with E-state index in [4.69, 9.17) is 9.47 Å². The van der Waals surface area contributed by atoms with Crippen LogP contribution in [0, 0.1) is 0 Å². The standard InChI is InChI=1S/C13H21NO2/c1-11(10-14-8-9-15-2)12-4-6-13(16-3)7-5-12/h4-7,11,14H,8-10H2,1-3H3. The molecule has 3 heteroatoms. The van der Waals surface area contributed by atoms with Gasteiger partial charge in [0.25, 0.3) is 0 Å². The van der Waals surface area contributed by atoms with Crippen LogP contribution in [0.5, 0.6) is 5.75 Å². The zero-order chi connectivity index (χ0) is 11.8. The Morgan fingerprint density at radius 3 is 2.44 bits per heavy atom. The van der Waals surface area contributed by atoms with Gasteiger partial charge in [-0.3, -0.25) is 0 Å². The minimum absolute atomic E-state index is 0.503. The Balaban J connectivity index is 2.37. The lowest BCUT2D eigenvalue weighted by molar-refractivity contribution is 0.199. The summed E-state index contributed by atoms with van der Waals surface area (Å²) >= 11 is 0. The lowest BCUT2D eigenvalue weighted by Crippen LogP contribution is -2.23. The van der Waals surface area contributed by atoms with Crippen LogP contribution < -0.4 is 10.1 Å². The molecular weight excluding hydrogens is 202 g/mol. The second kappa shape index (κ2) is 7.25. The van der Waals surface area contributed by atoms with Crippen LogP contribution in [0.4, 0.5) is 0 Å². The summed E-state index contributed by atoms with van der Waals surface area (Å²) in [4.78, 5) is 0. The van der Waals surface area contributed by atoms with E-state index in [2.05, 4.69) is 24.4 Å². The van der Waals surface area contributed by atoms with E-state index in [0.29, 0.717) is 5.92 Å². The van der Waals surface area contributed by atoms with Gasteiger partial charge in [0, 0.05) is 20.2 Å². The molecule has 1 rings (SSSR count). The molecule has 0 aliphatic carbocycles. The number of rotatable bonds is 7. The first-order chi connectivity index (χ1) is 7.77. The number of hydrogen-bond donors (Lipinski definition) is 1. The van der Waals surface area contributed by atoms with Crippen LogP contribution in [0.25, 0.3) is 0 Å². The largest absolute Gasteiger partial charge is 0.497 e. The van der Waals surface area contributed by atoms with Gasteiger partial charge in [-0.25, -0.2) is 0 Å². The number of ether oxygens (including phenoxy) is 2. The zero-order valence-corrected chi connectivity index (χ0v) is 10.3. The van der Waals surface area contributed by atoms with E-state index < -0.39 is 0 Å². The molecule has 1 aromatic carbocycles. The fourth-order valence-corrected chi connectivity index (χ4v) is 1.54. The normalized spacial score (nSPS) is 12.4. The molecule has 0 amide bonds. The van der Waals surface area contributed by atoms with Crippen LogP contribution in [-0.2, 0) is 4.74 Å². The van der Waals surface area contributed by atoms with Crippen LogP contribution in [0.15, 0.2) is 24.3 Å². The molecular formula is C13H21NO2. The second-order valence-corrected chi connectivity index (χ2v) is 3.87. The Morgan fingerprint density at radius 1 is 1.19 bits per heavy atom. The molecule has 0 heterocycles. The van der Waals surface area contributed by atoms with E-state index in [1.807, 2.05) is 12.1 Å². The molecule has 0 spiro atoms. The highest BCUT2D eigenvalue weighted by Gasteiger charge is 2.04. The zero-order valence-electron chi connectivity index (χ0n) is 10.3. The Bertz CT molecular complexity index is 284. The van der Waals surface area contributed by atoms with Gasteiger partial charge in [-0.2, -0.15) is 0 Å². The Labute approximate surface area is 97.8 Å². The van der Waals surface area contributed by atoms with Crippen molar-refractivity contribution in [3.63, 3.8) is 0 Å². The summed E-state index contributed by atoms with van der Waals surface area (Å²) in [6.45, 7) is 4.84. The van der Waals surface area contributed by atoms with Crippen LogP contribution >= 0.6 is 0 Å². The number of nitrogens with one attached hydrogen (secondary N) is 1. The van der Waals surface area contributed by atoms with Crippen molar-refractivity contribution in [2.24, 2.45) is 0 Å². The van der Waals surface area contributed by atoms with Crippen LogP contribution in [0.1, 0.15) is 18.4 Å². The van der Waals surface area contributed by atoms with Crippen LogP contribution in [0.2, 0.25) is 0 Å². The lowest BCUT2D eigenvalue weighted by atomic mass is 10.0. The molecule has 0 radical (unpaired) electrons. The number of benzene rings is 1. The van der Waals surface area contributed by atoms with Crippen molar-refractivity contribution < 1.29 is 9.47 Å². The highest BCUT2D eigenvalue weighted by atomic mass is 16.5. The van der Waals surface area contributed by atoms with Gasteiger partial charge in [-0.15, -0.1) is 0 Å². The Kier molecular flexibility index (Phi) is 5.90. The van der Waals surface area contributed by atoms with Crippen molar-refractivity contribution in [2.45, 2.75) is 12.8 Å². The van der Waals surface area contributed by atoms with Crippen LogP contribution in [-0.4, -0.2) is 33.9 Å². The third-order valence-corrected chi connectivity index (χ3v) is 2.62. The molecule has 0 bridgehead atoms. The summed E-state index contributed by atoms with van der Waals surface area (Å²) in [5.41, 5.74) is 1.32. The van der Waals surface area contributed by atoms with E-state index in [1.165, 1.54) is 5.56 Å². The maximum Gasteiger partial charge on any atom is 0.118 e. The molecule has 1 unspecified atom stereocenters. The summed E-state index contributed by atoms with van der Waals surface area (Å²) in [5.74, 6) is 1.41. The molecule has 0 saturated carbocycles. The highest BCUT2D eigenvalue weighted by Crippen LogP contribution is 2.18. The van der Waals surface area contributed by atoms with Gasteiger partial charge in [0.05, 0.1) is 13.7 Å². The first kappa shape index (κ1) is 13.0. The van der Waals surface area contributed by atoms with Gasteiger partial charge in [0.1, 0.15) is 5.75 Å². The molecule has 90 valence electrons. The van der Waals surface area contributed by atoms with Gasteiger partial charge >= 0.3 is 0 Å². The van der Waals surface area contributed by atoms with Gasteiger partial charge in [0.2, 0.25) is 0 Å². The molecule has 3 nitrogen and oxygen atoms in total. The average Bonchev–Trinajstić information content (AvgIpc) is 2.34. The summed E-state index contributed by atoms with van der Waals surface area (Å²) in [7, 11) is 3.40. The van der Waals surface area contributed by atoms with Gasteiger partial charge in [-0.1, -0.05) is 19.1 Å². The van der Waals surface area contributed by atoms with Crippen LogP contribution in [0.3, 0.4) is 0 Å². The van der Waals surface area contributed by atoms with E-state index in [9.17, 15) is 0 Å². The number of hydrogen-bond acceptors (Lipinski definition) is 3. The van der Waals surface area contributed by atoms with E-state index in [0.717, 1.165) is 25.4 Å². The van der Waals surface area contributed by atoms with Gasteiger partial charge in [-0.05, 0) is 23.6 Å². The van der Waals surface area contributed by atoms with Crippen molar-refractivity contribution in [1.29, 1.82) is 0 Å². The van der Waals surface area contributed by atoms with Crippen molar-refractivity contribution in [1.82, 2.24) is 5.32 Å². The summed E-state index contributed by atoms with van der Waals surface area (Å²) in [5, 5.41) is 3.36. The smallest absolute Gasteiger partial charge is 0.118 e. The predicted molar refractivity (Wildman–Crippen MR) is 66.2 cm³/mol. The minimum atomic E-state index is 0.503. The molecule has 0 saturated heterocycles. The first-order valence-electron chi connectivity index (χ1n) is 5.61. The molecule has 0 fully saturated rings. The Morgan fingerprint density at radius 2 is 1.88 bits per heavy atom. The van der Waals surface area contributed by atoms with Crippen molar-refractivity contribution in [3.8, 4) is 5.75 Å². The van der Waals surface area contributed by atoms with E-state index >= 15 is 0 Å². The van der Waals surface area contributed by atoms with E-state index in [1.54, 1.807) is 14.2 Å². The third kappa shape index (κ3) is 4.21. The fourth-order valence-electron chi connectivity index (χ4n) is 1.54. The highest BCUT2D eigenvalue weighted by molar-refractivity contribution is 5.29. The molecule has 0 aliphatic heterocycles. The molecule has 1 aromatic rings. The monoisotopic (exact) mass is 223 g/mol. The minimum Gasteiger partial charge on any atom is -0.497 e. The third-order valence-electron chi connectivity index (χ3n) is 2.62. The summed E-state index contributed by atoms with van der Waals surface area (Å²) in [6, 6.07) is 8.23. The molecule has 0 aromatic heterocycles. The summed E-state index contributed by atoms with van der Waals surface area (Å²) in [6.07, 6.45) is 0. The van der Waals surface area contributed by atoms with Gasteiger partial charge in [0.15, 0.2) is 0 Å². The molecule has 16 heavy (non-hydrogen) atoms. The topological polar surface area (TPSA) is 30.5 Å². The van der Waals surface area contributed by atoms with Crippen molar-refractivity contribution >= 4 is 0 Å². The molecule has 0 aliphatic rings. The quantitative estimate of drug-likeness (QED) is 0.717.